The number of carbonyl (C=O) groups is 1. The van der Waals surface area contributed by atoms with E-state index in [1.54, 1.807) is 18.2 Å². The highest BCUT2D eigenvalue weighted by Gasteiger charge is 2.34. The molecule has 11 heteroatoms. The molecule has 1 aliphatic heterocycles. The van der Waals surface area contributed by atoms with E-state index in [1.807, 2.05) is 0 Å². The molecule has 0 unspecified atom stereocenters. The van der Waals surface area contributed by atoms with Crippen LogP contribution in [0.15, 0.2) is 48.8 Å². The van der Waals surface area contributed by atoms with Crippen molar-refractivity contribution in [3.8, 4) is 17.7 Å². The quantitative estimate of drug-likeness (QED) is 0.529. The van der Waals surface area contributed by atoms with Crippen LogP contribution in [-0.2, 0) is 12.6 Å². The van der Waals surface area contributed by atoms with Gasteiger partial charge in [-0.2, -0.15) is 18.4 Å². The standard InChI is InChI=1S/C21H13ClF3N5O2/c22-18-9-19(28-11-27-18)32-15-3-4-17-12(7-15)5-6-30(17)20(31)29-14-2-1-13(10-26)16(8-14)21(23,24)25/h1-4,7-9,11H,5-6H2,(H,29,31). The van der Waals surface area contributed by atoms with Crippen LogP contribution < -0.4 is 15.0 Å². The number of fused-ring (bicyclic) bond motifs is 1. The highest BCUT2D eigenvalue weighted by Crippen LogP contribution is 2.35. The molecule has 0 saturated heterocycles. The zero-order valence-corrected chi connectivity index (χ0v) is 16.9. The summed E-state index contributed by atoms with van der Waals surface area (Å²) >= 11 is 5.82. The van der Waals surface area contributed by atoms with Crippen LogP contribution in [-0.4, -0.2) is 22.5 Å². The van der Waals surface area contributed by atoms with E-state index >= 15 is 0 Å². The lowest BCUT2D eigenvalue weighted by molar-refractivity contribution is -0.137. The second-order valence-corrected chi connectivity index (χ2v) is 7.16. The first-order valence-corrected chi connectivity index (χ1v) is 9.60. The maximum absolute atomic E-state index is 13.2. The van der Waals surface area contributed by atoms with Gasteiger partial charge < -0.3 is 10.1 Å². The molecule has 2 amide bonds. The third-order valence-electron chi connectivity index (χ3n) is 4.72. The molecule has 32 heavy (non-hydrogen) atoms. The van der Waals surface area contributed by atoms with Gasteiger partial charge >= 0.3 is 12.2 Å². The van der Waals surface area contributed by atoms with E-state index in [-0.39, 0.29) is 16.7 Å². The molecular formula is C21H13ClF3N5O2. The number of rotatable bonds is 3. The molecule has 7 nitrogen and oxygen atoms in total. The molecule has 1 aromatic heterocycles. The highest BCUT2D eigenvalue weighted by molar-refractivity contribution is 6.29. The van der Waals surface area contributed by atoms with Crippen molar-refractivity contribution < 1.29 is 22.7 Å². The molecule has 4 rings (SSSR count). The number of alkyl halides is 3. The Morgan fingerprint density at radius 3 is 2.72 bits per heavy atom. The zero-order chi connectivity index (χ0) is 22.9. The highest BCUT2D eigenvalue weighted by atomic mass is 35.5. The van der Waals surface area contributed by atoms with Crippen molar-refractivity contribution in [2.75, 3.05) is 16.8 Å². The number of hydrogen-bond donors (Lipinski definition) is 1. The summed E-state index contributed by atoms with van der Waals surface area (Å²) < 4.78 is 45.2. The molecule has 1 N–H and O–H groups in total. The summed E-state index contributed by atoms with van der Waals surface area (Å²) in [4.78, 5) is 21.9. The summed E-state index contributed by atoms with van der Waals surface area (Å²) in [6.07, 6.45) is -2.91. The van der Waals surface area contributed by atoms with Gasteiger partial charge in [0.25, 0.3) is 0 Å². The Hall–Kier alpha value is -3.84. The second-order valence-electron chi connectivity index (χ2n) is 6.77. The predicted octanol–water partition coefficient (Wildman–Crippen LogP) is 5.41. The lowest BCUT2D eigenvalue weighted by atomic mass is 10.1. The molecule has 1 aliphatic rings. The van der Waals surface area contributed by atoms with E-state index in [0.29, 0.717) is 24.4 Å². The van der Waals surface area contributed by atoms with Crippen molar-refractivity contribution in [1.29, 1.82) is 5.26 Å². The Morgan fingerprint density at radius 2 is 2.00 bits per heavy atom. The Labute approximate surface area is 185 Å². The van der Waals surface area contributed by atoms with Crippen molar-refractivity contribution in [1.82, 2.24) is 9.97 Å². The molecule has 0 aliphatic carbocycles. The lowest BCUT2D eigenvalue weighted by Gasteiger charge is -2.19. The summed E-state index contributed by atoms with van der Waals surface area (Å²) in [6.45, 7) is 0.340. The molecule has 2 aromatic carbocycles. The average molecular weight is 460 g/mol. The van der Waals surface area contributed by atoms with E-state index in [0.717, 1.165) is 17.7 Å². The number of hydrogen-bond acceptors (Lipinski definition) is 5. The fourth-order valence-electron chi connectivity index (χ4n) is 3.29. The number of halogens is 4. The zero-order valence-electron chi connectivity index (χ0n) is 16.2. The van der Waals surface area contributed by atoms with Crippen molar-refractivity contribution in [2.24, 2.45) is 0 Å². The molecule has 0 saturated carbocycles. The van der Waals surface area contributed by atoms with Gasteiger partial charge in [-0.3, -0.25) is 4.90 Å². The number of aromatic nitrogens is 2. The number of nitrogens with one attached hydrogen (secondary N) is 1. The largest absolute Gasteiger partial charge is 0.439 e. The Kier molecular flexibility index (Phi) is 5.59. The minimum absolute atomic E-state index is 0.0598. The fraction of sp³-hybridized carbons (Fsp3) is 0.143. The molecule has 0 spiro atoms. The molecule has 0 atom stereocenters. The Balaban J connectivity index is 1.51. The first-order chi connectivity index (χ1) is 15.2. The summed E-state index contributed by atoms with van der Waals surface area (Å²) in [6, 6.07) is 10.5. The smallest absolute Gasteiger partial charge is 0.417 e. The van der Waals surface area contributed by atoms with Gasteiger partial charge in [-0.1, -0.05) is 11.6 Å². The van der Waals surface area contributed by atoms with Crippen molar-refractivity contribution >= 4 is 29.0 Å². The van der Waals surface area contributed by atoms with Gasteiger partial charge in [-0.15, -0.1) is 0 Å². The van der Waals surface area contributed by atoms with Gasteiger partial charge in [0.05, 0.1) is 17.2 Å². The number of benzene rings is 2. The topological polar surface area (TPSA) is 91.1 Å². The molecule has 0 radical (unpaired) electrons. The van der Waals surface area contributed by atoms with Gasteiger partial charge in [0.1, 0.15) is 17.2 Å². The van der Waals surface area contributed by atoms with Gasteiger partial charge in [-0.25, -0.2) is 14.8 Å². The first-order valence-electron chi connectivity index (χ1n) is 9.23. The van der Waals surface area contributed by atoms with Crippen molar-refractivity contribution in [3.05, 3.63) is 70.6 Å². The van der Waals surface area contributed by atoms with Gasteiger partial charge in [0.15, 0.2) is 0 Å². The molecule has 0 fully saturated rings. The number of amides is 2. The van der Waals surface area contributed by atoms with Crippen LogP contribution >= 0.6 is 11.6 Å². The maximum atomic E-state index is 13.2. The first kappa shape index (κ1) is 21.4. The van der Waals surface area contributed by atoms with Gasteiger partial charge in [0.2, 0.25) is 5.88 Å². The van der Waals surface area contributed by atoms with Crippen LogP contribution in [0, 0.1) is 11.3 Å². The number of anilines is 2. The number of ether oxygens (including phenoxy) is 1. The van der Waals surface area contributed by atoms with E-state index in [4.69, 9.17) is 21.6 Å². The molecule has 162 valence electrons. The Morgan fingerprint density at radius 1 is 1.19 bits per heavy atom. The van der Waals surface area contributed by atoms with Crippen molar-refractivity contribution in [2.45, 2.75) is 12.6 Å². The summed E-state index contributed by atoms with van der Waals surface area (Å²) in [5, 5.41) is 11.6. The fourth-order valence-corrected chi connectivity index (χ4v) is 3.43. The Bertz CT molecular complexity index is 1240. The predicted molar refractivity (Wildman–Crippen MR) is 110 cm³/mol. The molecular weight excluding hydrogens is 447 g/mol. The minimum atomic E-state index is -4.71. The second kappa shape index (κ2) is 8.36. The van der Waals surface area contributed by atoms with E-state index < -0.39 is 23.3 Å². The summed E-state index contributed by atoms with van der Waals surface area (Å²) in [7, 11) is 0. The summed E-state index contributed by atoms with van der Waals surface area (Å²) in [5.41, 5.74) is -0.241. The number of nitrogens with zero attached hydrogens (tertiary/aromatic N) is 4. The molecule has 2 heterocycles. The van der Waals surface area contributed by atoms with Gasteiger partial charge in [0, 0.05) is 24.0 Å². The van der Waals surface area contributed by atoms with Crippen LogP contribution in [0.3, 0.4) is 0 Å². The minimum Gasteiger partial charge on any atom is -0.439 e. The van der Waals surface area contributed by atoms with E-state index in [1.165, 1.54) is 29.4 Å². The SMILES string of the molecule is N#Cc1ccc(NC(=O)N2CCc3cc(Oc4cc(Cl)ncn4)ccc32)cc1C(F)(F)F. The van der Waals surface area contributed by atoms with Gasteiger partial charge in [-0.05, 0) is 48.4 Å². The monoisotopic (exact) mass is 459 g/mol. The normalized spacial score (nSPS) is 12.8. The number of nitriles is 1. The molecule has 0 bridgehead atoms. The van der Waals surface area contributed by atoms with Crippen LogP contribution in [0.2, 0.25) is 5.15 Å². The number of urea groups is 1. The average Bonchev–Trinajstić information content (AvgIpc) is 3.16. The lowest BCUT2D eigenvalue weighted by Crippen LogP contribution is -2.33. The number of carbonyl (C=O) groups excluding carboxylic acids is 1. The van der Waals surface area contributed by atoms with E-state index in [2.05, 4.69) is 15.3 Å². The van der Waals surface area contributed by atoms with Crippen LogP contribution in [0.5, 0.6) is 11.6 Å². The molecule has 3 aromatic rings. The van der Waals surface area contributed by atoms with Crippen LogP contribution in [0.25, 0.3) is 0 Å². The van der Waals surface area contributed by atoms with E-state index in [9.17, 15) is 18.0 Å². The van der Waals surface area contributed by atoms with Crippen molar-refractivity contribution in [3.63, 3.8) is 0 Å². The van der Waals surface area contributed by atoms with Crippen LogP contribution in [0.4, 0.5) is 29.3 Å². The summed E-state index contributed by atoms with van der Waals surface area (Å²) in [5.74, 6) is 0.751. The maximum Gasteiger partial charge on any atom is 0.417 e. The third-order valence-corrected chi connectivity index (χ3v) is 4.93. The van der Waals surface area contributed by atoms with Crippen LogP contribution in [0.1, 0.15) is 16.7 Å². The third kappa shape index (κ3) is 4.43.